The van der Waals surface area contributed by atoms with E-state index in [0.29, 0.717) is 6.54 Å². The molecule has 6 nitrogen and oxygen atoms in total. The van der Waals surface area contributed by atoms with Crippen LogP contribution in [0.15, 0.2) is 60.9 Å². The zero-order valence-electron chi connectivity index (χ0n) is 13.0. The van der Waals surface area contributed by atoms with Gasteiger partial charge < -0.3 is 4.74 Å². The molecule has 1 aromatic heterocycles. The summed E-state index contributed by atoms with van der Waals surface area (Å²) in [6.45, 7) is -2.56. The second kappa shape index (κ2) is 7.52. The quantitative estimate of drug-likeness (QED) is 0.746. The number of aromatic nitrogens is 3. The van der Waals surface area contributed by atoms with E-state index in [1.807, 2.05) is 30.3 Å². The molecule has 25 heavy (non-hydrogen) atoms. The number of ether oxygens (including phenoxy) is 1. The van der Waals surface area contributed by atoms with E-state index in [4.69, 9.17) is 0 Å². The number of anilines is 1. The SMILES string of the molecule is O=C(Nc1nncn1Cc1ccccc1)c1ccccc1OC(F)F. The number of rotatable bonds is 6. The highest BCUT2D eigenvalue weighted by Crippen LogP contribution is 2.21. The third-order valence-corrected chi connectivity index (χ3v) is 3.38. The molecule has 0 fully saturated rings. The number of alkyl halides is 2. The van der Waals surface area contributed by atoms with Crippen molar-refractivity contribution in [2.45, 2.75) is 13.2 Å². The molecule has 0 aliphatic heterocycles. The van der Waals surface area contributed by atoms with Crippen molar-refractivity contribution >= 4 is 11.9 Å². The van der Waals surface area contributed by atoms with Crippen molar-refractivity contribution in [1.82, 2.24) is 14.8 Å². The van der Waals surface area contributed by atoms with E-state index in [-0.39, 0.29) is 17.3 Å². The first kappa shape index (κ1) is 16.6. The monoisotopic (exact) mass is 344 g/mol. The molecule has 0 spiro atoms. The van der Waals surface area contributed by atoms with Gasteiger partial charge in [0.05, 0.1) is 12.1 Å². The molecular formula is C17H14F2N4O2. The summed E-state index contributed by atoms with van der Waals surface area (Å²) >= 11 is 0. The summed E-state index contributed by atoms with van der Waals surface area (Å²) in [6, 6.07) is 15.3. The number of halogens is 2. The molecule has 1 N–H and O–H groups in total. The summed E-state index contributed by atoms with van der Waals surface area (Å²) in [4.78, 5) is 12.4. The van der Waals surface area contributed by atoms with E-state index in [1.165, 1.54) is 24.5 Å². The van der Waals surface area contributed by atoms with Crippen molar-refractivity contribution in [3.8, 4) is 5.75 Å². The van der Waals surface area contributed by atoms with E-state index in [9.17, 15) is 13.6 Å². The zero-order valence-corrected chi connectivity index (χ0v) is 13.0. The summed E-state index contributed by atoms with van der Waals surface area (Å²) < 4.78 is 31.0. The first-order valence-corrected chi connectivity index (χ1v) is 7.40. The fourth-order valence-electron chi connectivity index (χ4n) is 2.27. The van der Waals surface area contributed by atoms with Gasteiger partial charge in [0.1, 0.15) is 12.1 Å². The molecule has 0 aliphatic rings. The lowest BCUT2D eigenvalue weighted by Gasteiger charge is -2.11. The van der Waals surface area contributed by atoms with Crippen LogP contribution in [0.4, 0.5) is 14.7 Å². The fraction of sp³-hybridized carbons (Fsp3) is 0.118. The van der Waals surface area contributed by atoms with Crippen LogP contribution in [0.1, 0.15) is 15.9 Å². The van der Waals surface area contributed by atoms with E-state index in [1.54, 1.807) is 10.6 Å². The van der Waals surface area contributed by atoms with Gasteiger partial charge in [-0.1, -0.05) is 42.5 Å². The van der Waals surface area contributed by atoms with Gasteiger partial charge in [0.2, 0.25) is 5.95 Å². The van der Waals surface area contributed by atoms with E-state index < -0.39 is 12.5 Å². The molecule has 0 aliphatic carbocycles. The topological polar surface area (TPSA) is 69.0 Å². The van der Waals surface area contributed by atoms with Crippen molar-refractivity contribution in [3.63, 3.8) is 0 Å². The molecule has 0 atom stereocenters. The standard InChI is InChI=1S/C17H14F2N4O2/c18-16(19)25-14-9-5-4-8-13(14)15(24)21-17-22-20-11-23(17)10-12-6-2-1-3-7-12/h1-9,11,16H,10H2,(H,21,22,24). The van der Waals surface area contributed by atoms with Crippen molar-refractivity contribution in [3.05, 3.63) is 72.1 Å². The van der Waals surface area contributed by atoms with Crippen LogP contribution in [-0.2, 0) is 6.54 Å². The van der Waals surface area contributed by atoms with Crippen LogP contribution in [-0.4, -0.2) is 27.3 Å². The minimum absolute atomic E-state index is 0.0166. The highest BCUT2D eigenvalue weighted by atomic mass is 19.3. The molecule has 1 heterocycles. The average Bonchev–Trinajstić information content (AvgIpc) is 3.02. The van der Waals surface area contributed by atoms with Crippen LogP contribution < -0.4 is 10.1 Å². The number of hydrogen-bond donors (Lipinski definition) is 1. The predicted molar refractivity (Wildman–Crippen MR) is 86.6 cm³/mol. The summed E-state index contributed by atoms with van der Waals surface area (Å²) in [6.07, 6.45) is 1.48. The smallest absolute Gasteiger partial charge is 0.387 e. The minimum atomic E-state index is -3.02. The summed E-state index contributed by atoms with van der Waals surface area (Å²) in [7, 11) is 0. The van der Waals surface area contributed by atoms with Gasteiger partial charge in [0.25, 0.3) is 5.91 Å². The maximum Gasteiger partial charge on any atom is 0.387 e. The van der Waals surface area contributed by atoms with Crippen LogP contribution in [0, 0.1) is 0 Å². The zero-order chi connectivity index (χ0) is 17.6. The molecule has 0 saturated heterocycles. The molecular weight excluding hydrogens is 330 g/mol. The van der Waals surface area contributed by atoms with E-state index in [0.717, 1.165) is 5.56 Å². The number of nitrogens with one attached hydrogen (secondary N) is 1. The van der Waals surface area contributed by atoms with Crippen LogP contribution >= 0.6 is 0 Å². The van der Waals surface area contributed by atoms with Crippen molar-refractivity contribution in [2.75, 3.05) is 5.32 Å². The highest BCUT2D eigenvalue weighted by molar-refractivity contribution is 6.05. The van der Waals surface area contributed by atoms with Crippen LogP contribution in [0.5, 0.6) is 5.75 Å². The first-order chi connectivity index (χ1) is 12.1. The van der Waals surface area contributed by atoms with Gasteiger partial charge in [-0.05, 0) is 17.7 Å². The first-order valence-electron chi connectivity index (χ1n) is 7.40. The Morgan fingerprint density at radius 2 is 1.84 bits per heavy atom. The van der Waals surface area contributed by atoms with Gasteiger partial charge in [-0.25, -0.2) is 0 Å². The van der Waals surface area contributed by atoms with Crippen molar-refractivity contribution in [1.29, 1.82) is 0 Å². The molecule has 128 valence electrons. The van der Waals surface area contributed by atoms with Crippen molar-refractivity contribution in [2.24, 2.45) is 0 Å². The van der Waals surface area contributed by atoms with Crippen LogP contribution in [0.2, 0.25) is 0 Å². The number of nitrogens with zero attached hydrogens (tertiary/aromatic N) is 3. The van der Waals surface area contributed by atoms with Gasteiger partial charge in [0, 0.05) is 0 Å². The van der Waals surface area contributed by atoms with E-state index in [2.05, 4.69) is 20.3 Å². The second-order valence-corrected chi connectivity index (χ2v) is 5.10. The average molecular weight is 344 g/mol. The van der Waals surface area contributed by atoms with Gasteiger partial charge in [0.15, 0.2) is 0 Å². The molecule has 0 unspecified atom stereocenters. The third kappa shape index (κ3) is 4.17. The number of benzene rings is 2. The predicted octanol–water partition coefficient (Wildman–Crippen LogP) is 3.18. The number of carbonyl (C=O) groups is 1. The number of carbonyl (C=O) groups excluding carboxylic acids is 1. The van der Waals surface area contributed by atoms with Crippen LogP contribution in [0.3, 0.4) is 0 Å². The van der Waals surface area contributed by atoms with E-state index >= 15 is 0 Å². The lowest BCUT2D eigenvalue weighted by molar-refractivity contribution is -0.0501. The lowest BCUT2D eigenvalue weighted by Crippen LogP contribution is -2.18. The van der Waals surface area contributed by atoms with Gasteiger partial charge in [-0.3, -0.25) is 14.7 Å². The number of hydrogen-bond acceptors (Lipinski definition) is 4. The Morgan fingerprint density at radius 3 is 2.60 bits per heavy atom. The van der Waals surface area contributed by atoms with Crippen LogP contribution in [0.25, 0.3) is 0 Å². The Morgan fingerprint density at radius 1 is 1.12 bits per heavy atom. The Labute approximate surface area is 142 Å². The fourth-order valence-corrected chi connectivity index (χ4v) is 2.27. The maximum atomic E-state index is 12.5. The molecule has 0 saturated carbocycles. The molecule has 8 heteroatoms. The lowest BCUT2D eigenvalue weighted by atomic mass is 10.2. The largest absolute Gasteiger partial charge is 0.434 e. The van der Waals surface area contributed by atoms with Gasteiger partial charge in [-0.2, -0.15) is 8.78 Å². The minimum Gasteiger partial charge on any atom is -0.434 e. The summed E-state index contributed by atoms with van der Waals surface area (Å²) in [5.74, 6) is -0.608. The molecule has 3 rings (SSSR count). The molecule has 1 amide bonds. The Bertz CT molecular complexity index is 853. The second-order valence-electron chi connectivity index (χ2n) is 5.10. The summed E-state index contributed by atoms with van der Waals surface area (Å²) in [5, 5.41) is 10.2. The maximum absolute atomic E-state index is 12.5. The number of para-hydroxylation sites is 1. The molecule has 0 bridgehead atoms. The summed E-state index contributed by atoms with van der Waals surface area (Å²) in [5.41, 5.74) is 0.983. The Balaban J connectivity index is 1.78. The molecule has 3 aromatic rings. The molecule has 2 aromatic carbocycles. The van der Waals surface area contributed by atoms with Gasteiger partial charge in [-0.15, -0.1) is 10.2 Å². The van der Waals surface area contributed by atoms with Crippen molar-refractivity contribution < 1.29 is 18.3 Å². The Kier molecular flexibility index (Phi) is 4.98. The number of amides is 1. The normalized spacial score (nSPS) is 10.7. The molecule has 0 radical (unpaired) electrons. The Hall–Kier alpha value is -3.29. The van der Waals surface area contributed by atoms with Gasteiger partial charge >= 0.3 is 6.61 Å². The third-order valence-electron chi connectivity index (χ3n) is 3.38. The highest BCUT2D eigenvalue weighted by Gasteiger charge is 2.17.